The molecule has 0 spiro atoms. The molecule has 1 aliphatic heterocycles. The minimum Gasteiger partial charge on any atom is -0.348 e. The summed E-state index contributed by atoms with van der Waals surface area (Å²) < 4.78 is 24.4. The molecule has 18 heavy (non-hydrogen) atoms. The number of rotatable bonds is 4. The van der Waals surface area contributed by atoms with Gasteiger partial charge in [-0.2, -0.15) is 0 Å². The van der Waals surface area contributed by atoms with Crippen molar-refractivity contribution in [3.8, 4) is 0 Å². The van der Waals surface area contributed by atoms with E-state index in [1.54, 1.807) is 0 Å². The Bertz CT molecular complexity index is 564. The molecule has 2 heterocycles. The molecule has 0 saturated heterocycles. The fourth-order valence-corrected chi connectivity index (χ4v) is 2.32. The number of nitrogens with one attached hydrogen (secondary N) is 1. The molecule has 0 bridgehead atoms. The van der Waals surface area contributed by atoms with Gasteiger partial charge in [0.25, 0.3) is 0 Å². The predicted molar refractivity (Wildman–Crippen MR) is 64.5 cm³/mol. The van der Waals surface area contributed by atoms with Gasteiger partial charge in [0, 0.05) is 19.2 Å². The second kappa shape index (κ2) is 4.68. The number of nitrogens with zero attached hydrogens (tertiary/aromatic N) is 3. The number of carbonyl (C=O) groups is 1. The lowest BCUT2D eigenvalue weighted by Gasteiger charge is -2.10. The number of amides is 1. The highest BCUT2D eigenvalue weighted by Gasteiger charge is 2.24. The molecule has 0 fully saturated rings. The van der Waals surface area contributed by atoms with E-state index in [4.69, 9.17) is 0 Å². The van der Waals surface area contributed by atoms with Crippen molar-refractivity contribution in [3.05, 3.63) is 11.6 Å². The zero-order valence-corrected chi connectivity index (χ0v) is 11.2. The van der Waals surface area contributed by atoms with Crippen LogP contribution in [0.3, 0.4) is 0 Å². The summed E-state index contributed by atoms with van der Waals surface area (Å²) in [7, 11) is -3.36. The van der Waals surface area contributed by atoms with Gasteiger partial charge in [0.05, 0.1) is 6.54 Å². The lowest BCUT2D eigenvalue weighted by molar-refractivity contribution is -0.120. The standard InChI is InChI=1S/C10H16N4O3S/c1-7(18(2,16)17)10(15)11-6-9-13-12-8-4-3-5-14(8)9/h7H,3-6H2,1-2H3,(H,11,15)/t7-/m0/s1. The SMILES string of the molecule is C[C@@H](C(=O)NCc1nnc2n1CCC2)S(C)(=O)=O. The Morgan fingerprint density at radius 1 is 1.50 bits per heavy atom. The monoisotopic (exact) mass is 272 g/mol. The third-order valence-electron chi connectivity index (χ3n) is 3.12. The summed E-state index contributed by atoms with van der Waals surface area (Å²) >= 11 is 0. The Labute approximate surface area is 106 Å². The van der Waals surface area contributed by atoms with E-state index in [2.05, 4.69) is 15.5 Å². The number of aromatic nitrogens is 3. The van der Waals surface area contributed by atoms with E-state index in [0.29, 0.717) is 5.82 Å². The van der Waals surface area contributed by atoms with Crippen molar-refractivity contribution in [1.82, 2.24) is 20.1 Å². The molecule has 0 aromatic carbocycles. The lowest BCUT2D eigenvalue weighted by atomic mass is 10.4. The molecule has 0 unspecified atom stereocenters. The lowest BCUT2D eigenvalue weighted by Crippen LogP contribution is -2.37. The van der Waals surface area contributed by atoms with Gasteiger partial charge in [0.1, 0.15) is 11.1 Å². The first-order valence-corrected chi connectivity index (χ1v) is 7.72. The van der Waals surface area contributed by atoms with Gasteiger partial charge in [-0.1, -0.05) is 0 Å². The third kappa shape index (κ3) is 2.53. The quantitative estimate of drug-likeness (QED) is 0.780. The van der Waals surface area contributed by atoms with Crippen molar-refractivity contribution in [1.29, 1.82) is 0 Å². The van der Waals surface area contributed by atoms with E-state index < -0.39 is 21.0 Å². The summed E-state index contributed by atoms with van der Waals surface area (Å²) in [5.41, 5.74) is 0. The number of sulfone groups is 1. The molecular formula is C10H16N4O3S. The minimum absolute atomic E-state index is 0.214. The summed E-state index contributed by atoms with van der Waals surface area (Å²) in [6.45, 7) is 2.44. The Morgan fingerprint density at radius 3 is 2.89 bits per heavy atom. The van der Waals surface area contributed by atoms with Crippen LogP contribution in [0.25, 0.3) is 0 Å². The Morgan fingerprint density at radius 2 is 2.22 bits per heavy atom. The highest BCUT2D eigenvalue weighted by Crippen LogP contribution is 2.13. The molecular weight excluding hydrogens is 256 g/mol. The molecule has 0 aliphatic carbocycles. The zero-order chi connectivity index (χ0) is 13.3. The molecule has 1 N–H and O–H groups in total. The average Bonchev–Trinajstić information content (AvgIpc) is 2.86. The summed E-state index contributed by atoms with van der Waals surface area (Å²) in [6, 6.07) is 0. The van der Waals surface area contributed by atoms with Crippen molar-refractivity contribution >= 4 is 15.7 Å². The maximum absolute atomic E-state index is 11.6. The first-order valence-electron chi connectivity index (χ1n) is 5.77. The van der Waals surface area contributed by atoms with Gasteiger partial charge in [-0.15, -0.1) is 10.2 Å². The largest absolute Gasteiger partial charge is 0.348 e. The summed E-state index contributed by atoms with van der Waals surface area (Å²) in [6.07, 6.45) is 2.98. The molecule has 0 radical (unpaired) electrons. The van der Waals surface area contributed by atoms with Gasteiger partial charge >= 0.3 is 0 Å². The van der Waals surface area contributed by atoms with Crippen LogP contribution in [-0.2, 0) is 34.1 Å². The van der Waals surface area contributed by atoms with E-state index in [1.807, 2.05) is 4.57 Å². The minimum atomic E-state index is -3.36. The number of fused-ring (bicyclic) bond motifs is 1. The molecule has 0 saturated carbocycles. The van der Waals surface area contributed by atoms with Crippen molar-refractivity contribution in [2.75, 3.05) is 6.26 Å². The van der Waals surface area contributed by atoms with Crippen LogP contribution in [0.1, 0.15) is 25.0 Å². The van der Waals surface area contributed by atoms with E-state index in [-0.39, 0.29) is 6.54 Å². The number of hydrogen-bond acceptors (Lipinski definition) is 5. The molecule has 2 rings (SSSR count). The first kappa shape index (κ1) is 13.0. The molecule has 1 aromatic heterocycles. The number of carbonyl (C=O) groups excluding carboxylic acids is 1. The fraction of sp³-hybridized carbons (Fsp3) is 0.700. The van der Waals surface area contributed by atoms with Crippen LogP contribution in [0, 0.1) is 0 Å². The van der Waals surface area contributed by atoms with E-state index >= 15 is 0 Å². The molecule has 1 aliphatic rings. The molecule has 7 nitrogen and oxygen atoms in total. The maximum Gasteiger partial charge on any atom is 0.238 e. The topological polar surface area (TPSA) is 93.9 Å². The summed E-state index contributed by atoms with van der Waals surface area (Å²) in [5.74, 6) is 1.10. The van der Waals surface area contributed by atoms with Crippen LogP contribution < -0.4 is 5.32 Å². The first-order chi connectivity index (χ1) is 8.39. The van der Waals surface area contributed by atoms with E-state index in [0.717, 1.165) is 31.5 Å². The second-order valence-electron chi connectivity index (χ2n) is 4.48. The van der Waals surface area contributed by atoms with Crippen molar-refractivity contribution < 1.29 is 13.2 Å². The van der Waals surface area contributed by atoms with Crippen LogP contribution in [0.2, 0.25) is 0 Å². The Kier molecular flexibility index (Phi) is 3.38. The number of hydrogen-bond donors (Lipinski definition) is 1. The van der Waals surface area contributed by atoms with Gasteiger partial charge in [0.2, 0.25) is 5.91 Å². The highest BCUT2D eigenvalue weighted by atomic mass is 32.2. The maximum atomic E-state index is 11.6. The van der Waals surface area contributed by atoms with Gasteiger partial charge < -0.3 is 9.88 Å². The van der Waals surface area contributed by atoms with Gasteiger partial charge in [0.15, 0.2) is 15.7 Å². The Balaban J connectivity index is 1.98. The predicted octanol–water partition coefficient (Wildman–Crippen LogP) is -0.726. The highest BCUT2D eigenvalue weighted by molar-refractivity contribution is 7.92. The van der Waals surface area contributed by atoms with Gasteiger partial charge in [-0.05, 0) is 13.3 Å². The third-order valence-corrected chi connectivity index (χ3v) is 4.62. The van der Waals surface area contributed by atoms with Crippen LogP contribution >= 0.6 is 0 Å². The van der Waals surface area contributed by atoms with Crippen LogP contribution in [0.15, 0.2) is 0 Å². The van der Waals surface area contributed by atoms with Crippen molar-refractivity contribution in [2.45, 2.75) is 38.1 Å². The van der Waals surface area contributed by atoms with E-state index in [9.17, 15) is 13.2 Å². The van der Waals surface area contributed by atoms with Crippen LogP contribution in [-0.4, -0.2) is 40.6 Å². The van der Waals surface area contributed by atoms with Crippen molar-refractivity contribution in [2.24, 2.45) is 0 Å². The zero-order valence-electron chi connectivity index (χ0n) is 10.4. The smallest absolute Gasteiger partial charge is 0.238 e. The van der Waals surface area contributed by atoms with E-state index in [1.165, 1.54) is 6.92 Å². The molecule has 1 amide bonds. The van der Waals surface area contributed by atoms with Crippen LogP contribution in [0.4, 0.5) is 0 Å². The fourth-order valence-electron chi connectivity index (χ4n) is 1.85. The second-order valence-corrected chi connectivity index (χ2v) is 6.84. The normalized spacial score (nSPS) is 16.3. The van der Waals surface area contributed by atoms with Crippen molar-refractivity contribution in [3.63, 3.8) is 0 Å². The number of aryl methyl sites for hydroxylation is 1. The Hall–Kier alpha value is -1.44. The average molecular weight is 272 g/mol. The summed E-state index contributed by atoms with van der Waals surface area (Å²) in [4.78, 5) is 11.6. The van der Waals surface area contributed by atoms with Gasteiger partial charge in [-0.3, -0.25) is 4.79 Å². The van der Waals surface area contributed by atoms with Crippen LogP contribution in [0.5, 0.6) is 0 Å². The molecule has 1 atom stereocenters. The molecule has 100 valence electrons. The molecule has 8 heteroatoms. The molecule has 1 aromatic rings. The van der Waals surface area contributed by atoms with Gasteiger partial charge in [-0.25, -0.2) is 8.42 Å². The summed E-state index contributed by atoms with van der Waals surface area (Å²) in [5, 5.41) is 9.53.